The molecular formula is C11H14N2O3. The number of benzene rings is 1. The maximum absolute atomic E-state index is 10.9. The normalized spacial score (nSPS) is 17.1. The fourth-order valence-corrected chi connectivity index (χ4v) is 2.04. The van der Waals surface area contributed by atoms with Crippen LogP contribution in [0.3, 0.4) is 0 Å². The third-order valence-electron chi connectivity index (χ3n) is 3.13. The Balaban J connectivity index is 2.46. The molecule has 0 radical (unpaired) electrons. The summed E-state index contributed by atoms with van der Waals surface area (Å²) in [5.41, 5.74) is 1.70. The van der Waals surface area contributed by atoms with Crippen molar-refractivity contribution in [2.45, 2.75) is 25.2 Å². The van der Waals surface area contributed by atoms with Gasteiger partial charge in [0, 0.05) is 17.0 Å². The van der Waals surface area contributed by atoms with Gasteiger partial charge in [0.2, 0.25) is 0 Å². The van der Waals surface area contributed by atoms with Crippen LogP contribution in [0.4, 0.5) is 5.69 Å². The van der Waals surface area contributed by atoms with Crippen LogP contribution in [0, 0.1) is 17.0 Å². The lowest BCUT2D eigenvalue weighted by molar-refractivity contribution is -0.385. The number of aryl methyl sites for hydroxylation is 1. The quantitative estimate of drug-likeness (QED) is 0.622. The highest BCUT2D eigenvalue weighted by Gasteiger charge is 2.48. The average molecular weight is 222 g/mol. The van der Waals surface area contributed by atoms with E-state index in [0.717, 1.165) is 24.0 Å². The summed E-state index contributed by atoms with van der Waals surface area (Å²) >= 11 is 0. The molecule has 0 spiro atoms. The number of nitro benzene ring substituents is 1. The van der Waals surface area contributed by atoms with Crippen LogP contribution in [0.2, 0.25) is 0 Å². The number of nitro groups is 1. The van der Waals surface area contributed by atoms with Crippen molar-refractivity contribution in [1.82, 2.24) is 0 Å². The van der Waals surface area contributed by atoms with E-state index in [1.807, 2.05) is 13.0 Å². The second-order valence-corrected chi connectivity index (χ2v) is 4.37. The minimum absolute atomic E-state index is 0.167. The van der Waals surface area contributed by atoms with Gasteiger partial charge < -0.3 is 4.84 Å². The van der Waals surface area contributed by atoms with E-state index in [4.69, 9.17) is 5.90 Å². The smallest absolute Gasteiger partial charge is 0.273 e. The first-order valence-electron chi connectivity index (χ1n) is 5.16. The van der Waals surface area contributed by atoms with Crippen molar-refractivity contribution in [1.29, 1.82) is 0 Å². The Bertz CT molecular complexity index is 427. The molecular weight excluding hydrogens is 208 g/mol. The van der Waals surface area contributed by atoms with Crippen LogP contribution in [0.25, 0.3) is 0 Å². The van der Waals surface area contributed by atoms with E-state index in [-0.39, 0.29) is 16.0 Å². The molecule has 5 nitrogen and oxygen atoms in total. The second kappa shape index (κ2) is 3.84. The van der Waals surface area contributed by atoms with Crippen molar-refractivity contribution < 1.29 is 9.76 Å². The summed E-state index contributed by atoms with van der Waals surface area (Å²) in [6.45, 7) is 2.27. The lowest BCUT2D eigenvalue weighted by Gasteiger charge is -2.14. The third kappa shape index (κ3) is 1.79. The number of hydrogen-bond acceptors (Lipinski definition) is 4. The van der Waals surface area contributed by atoms with Gasteiger partial charge in [-0.3, -0.25) is 10.1 Å². The molecule has 16 heavy (non-hydrogen) atoms. The van der Waals surface area contributed by atoms with Crippen molar-refractivity contribution in [3.8, 4) is 0 Å². The van der Waals surface area contributed by atoms with Gasteiger partial charge in [-0.2, -0.15) is 0 Å². The molecule has 1 aromatic rings. The van der Waals surface area contributed by atoms with Gasteiger partial charge in [0.15, 0.2) is 0 Å². The van der Waals surface area contributed by atoms with Gasteiger partial charge in [0.05, 0.1) is 11.5 Å². The number of hydrogen-bond donors (Lipinski definition) is 1. The zero-order chi connectivity index (χ0) is 11.8. The molecule has 1 fully saturated rings. The standard InChI is InChI=1S/C11H14N2O3/c1-8-2-3-10(13(14)15)9(6-8)11(4-5-11)7-16-12/h2-3,6H,4-5,7,12H2,1H3. The summed E-state index contributed by atoms with van der Waals surface area (Å²) in [7, 11) is 0. The van der Waals surface area contributed by atoms with Crippen LogP contribution >= 0.6 is 0 Å². The monoisotopic (exact) mass is 222 g/mol. The Morgan fingerprint density at radius 2 is 2.25 bits per heavy atom. The van der Waals surface area contributed by atoms with Crippen LogP contribution in [0.15, 0.2) is 18.2 Å². The Morgan fingerprint density at radius 1 is 1.56 bits per heavy atom. The first kappa shape index (κ1) is 11.0. The Hall–Kier alpha value is -1.46. The van der Waals surface area contributed by atoms with Crippen LogP contribution in [0.1, 0.15) is 24.0 Å². The van der Waals surface area contributed by atoms with Gasteiger partial charge in [-0.25, -0.2) is 5.90 Å². The second-order valence-electron chi connectivity index (χ2n) is 4.37. The lowest BCUT2D eigenvalue weighted by atomic mass is 9.93. The van der Waals surface area contributed by atoms with Gasteiger partial charge >= 0.3 is 0 Å². The molecule has 0 unspecified atom stereocenters. The highest BCUT2D eigenvalue weighted by atomic mass is 16.6. The van der Waals surface area contributed by atoms with Gasteiger partial charge in [-0.1, -0.05) is 11.6 Å². The molecule has 0 saturated heterocycles. The Labute approximate surface area is 93.3 Å². The van der Waals surface area contributed by atoms with Crippen molar-refractivity contribution in [3.63, 3.8) is 0 Å². The maximum atomic E-state index is 10.9. The predicted octanol–water partition coefficient (Wildman–Crippen LogP) is 1.83. The van der Waals surface area contributed by atoms with E-state index in [9.17, 15) is 10.1 Å². The fourth-order valence-electron chi connectivity index (χ4n) is 2.04. The molecule has 2 rings (SSSR count). The zero-order valence-electron chi connectivity index (χ0n) is 9.10. The number of nitrogens with zero attached hydrogens (tertiary/aromatic N) is 1. The maximum Gasteiger partial charge on any atom is 0.273 e. The molecule has 1 saturated carbocycles. The largest absolute Gasteiger partial charge is 0.304 e. The summed E-state index contributed by atoms with van der Waals surface area (Å²) in [5.74, 6) is 5.09. The van der Waals surface area contributed by atoms with E-state index in [2.05, 4.69) is 4.84 Å². The molecule has 1 aliphatic rings. The molecule has 5 heteroatoms. The fraction of sp³-hybridized carbons (Fsp3) is 0.455. The average Bonchev–Trinajstić information content (AvgIpc) is 2.99. The summed E-state index contributed by atoms with van der Waals surface area (Å²) in [6.07, 6.45) is 1.79. The molecule has 0 heterocycles. The summed E-state index contributed by atoms with van der Waals surface area (Å²) in [5, 5.41) is 10.9. The molecule has 1 aliphatic carbocycles. The van der Waals surface area contributed by atoms with E-state index < -0.39 is 0 Å². The Morgan fingerprint density at radius 3 is 2.75 bits per heavy atom. The molecule has 86 valence electrons. The van der Waals surface area contributed by atoms with Gasteiger partial charge in [0.25, 0.3) is 5.69 Å². The van der Waals surface area contributed by atoms with Crippen molar-refractivity contribution in [2.75, 3.05) is 6.61 Å². The first-order valence-corrected chi connectivity index (χ1v) is 5.16. The van der Waals surface area contributed by atoms with E-state index in [0.29, 0.717) is 6.61 Å². The summed E-state index contributed by atoms with van der Waals surface area (Å²) in [4.78, 5) is 15.3. The molecule has 0 bridgehead atoms. The van der Waals surface area contributed by atoms with Crippen molar-refractivity contribution >= 4 is 5.69 Å². The number of nitrogens with two attached hydrogens (primary N) is 1. The van der Waals surface area contributed by atoms with Crippen LogP contribution < -0.4 is 5.90 Å². The molecule has 0 aromatic heterocycles. The van der Waals surface area contributed by atoms with Gasteiger partial charge in [0.1, 0.15) is 0 Å². The minimum atomic E-state index is -0.342. The van der Waals surface area contributed by atoms with Gasteiger partial charge in [-0.15, -0.1) is 0 Å². The highest BCUT2D eigenvalue weighted by molar-refractivity contribution is 5.50. The minimum Gasteiger partial charge on any atom is -0.304 e. The topological polar surface area (TPSA) is 78.4 Å². The summed E-state index contributed by atoms with van der Waals surface area (Å²) < 4.78 is 0. The van der Waals surface area contributed by atoms with Gasteiger partial charge in [-0.05, 0) is 25.8 Å². The molecule has 2 N–H and O–H groups in total. The molecule has 0 aliphatic heterocycles. The predicted molar refractivity (Wildman–Crippen MR) is 58.9 cm³/mol. The van der Waals surface area contributed by atoms with E-state index in [1.165, 1.54) is 0 Å². The zero-order valence-corrected chi connectivity index (χ0v) is 9.10. The SMILES string of the molecule is Cc1ccc([N+](=O)[O-])c(C2(CON)CC2)c1. The molecule has 1 aromatic carbocycles. The molecule has 0 atom stereocenters. The summed E-state index contributed by atoms with van der Waals surface area (Å²) in [6, 6.07) is 5.17. The van der Waals surface area contributed by atoms with Crippen molar-refractivity contribution in [3.05, 3.63) is 39.4 Å². The lowest BCUT2D eigenvalue weighted by Crippen LogP contribution is -2.19. The van der Waals surface area contributed by atoms with E-state index >= 15 is 0 Å². The number of rotatable bonds is 4. The Kier molecular flexibility index (Phi) is 2.65. The highest BCUT2D eigenvalue weighted by Crippen LogP contribution is 2.51. The van der Waals surface area contributed by atoms with Crippen molar-refractivity contribution in [2.24, 2.45) is 5.90 Å². The molecule has 0 amide bonds. The van der Waals surface area contributed by atoms with Crippen LogP contribution in [-0.4, -0.2) is 11.5 Å². The van der Waals surface area contributed by atoms with Crippen LogP contribution in [0.5, 0.6) is 0 Å². The van der Waals surface area contributed by atoms with Crippen LogP contribution in [-0.2, 0) is 10.3 Å². The first-order chi connectivity index (χ1) is 7.59. The van der Waals surface area contributed by atoms with E-state index in [1.54, 1.807) is 12.1 Å². The third-order valence-corrected chi connectivity index (χ3v) is 3.13.